The molecule has 0 spiro atoms. The van der Waals surface area contributed by atoms with Gasteiger partial charge in [0.1, 0.15) is 17.2 Å². The number of Topliss-reactive ketones (excluding diaryl/α,β-unsaturated/α-hetero) is 1. The predicted octanol–water partition coefficient (Wildman–Crippen LogP) is 4.38. The van der Waals surface area contributed by atoms with E-state index in [0.29, 0.717) is 12.8 Å². The first-order chi connectivity index (χ1) is 20.2. The number of ether oxygens (including phenoxy) is 1. The van der Waals surface area contributed by atoms with Crippen molar-refractivity contribution in [1.82, 2.24) is 10.6 Å². The highest BCUT2D eigenvalue weighted by atomic mass is 16.6. The molecule has 0 radical (unpaired) electrons. The SMILES string of the molecule is CCCCCC(O)C(=O)C(NC(=O)[C@@](N)(Cc1ccccc1-c1ccccc1)C(CO)CNC(=O)OC(C)(C)C)C(C)C. The van der Waals surface area contributed by atoms with E-state index in [1.54, 1.807) is 34.6 Å². The number of carbonyl (C=O) groups excluding carboxylic acids is 3. The Labute approximate surface area is 256 Å². The zero-order valence-corrected chi connectivity index (χ0v) is 26.6. The number of nitrogens with two attached hydrogens (primary N) is 1. The van der Waals surface area contributed by atoms with E-state index in [1.807, 2.05) is 61.5 Å². The van der Waals surface area contributed by atoms with Crippen molar-refractivity contribution in [3.8, 4) is 11.1 Å². The van der Waals surface area contributed by atoms with Crippen LogP contribution in [0.2, 0.25) is 0 Å². The average molecular weight is 598 g/mol. The zero-order valence-electron chi connectivity index (χ0n) is 26.6. The fourth-order valence-electron chi connectivity index (χ4n) is 5.01. The molecular formula is C34H51N3O6. The number of ketones is 1. The van der Waals surface area contributed by atoms with E-state index in [1.165, 1.54) is 0 Å². The monoisotopic (exact) mass is 597 g/mol. The standard InChI is InChI=1S/C34H51N3O6/c1-7-8-10-19-28(39)30(40)29(23(2)3)37-31(41)34(35,26(22-38)21-36-32(42)43-33(4,5)6)20-25-17-13-14-18-27(25)24-15-11-9-12-16-24/h9,11-18,23,26,28-29,38-39H,7-8,10,19-22,35H2,1-6H3,(H,36,42)(H,37,41)/t26?,28?,29?,34-/m1/s1. The molecule has 0 aliphatic heterocycles. The van der Waals surface area contributed by atoms with Gasteiger partial charge in [0.05, 0.1) is 6.04 Å². The lowest BCUT2D eigenvalue weighted by Gasteiger charge is -2.38. The van der Waals surface area contributed by atoms with Crippen LogP contribution in [-0.4, -0.2) is 64.4 Å². The van der Waals surface area contributed by atoms with Gasteiger partial charge in [-0.3, -0.25) is 9.59 Å². The first kappa shape index (κ1) is 35.9. The summed E-state index contributed by atoms with van der Waals surface area (Å²) in [6, 6.07) is 16.2. The molecule has 6 N–H and O–H groups in total. The largest absolute Gasteiger partial charge is 0.444 e. The lowest BCUT2D eigenvalue weighted by molar-refractivity contribution is -0.137. The van der Waals surface area contributed by atoms with Gasteiger partial charge in [-0.2, -0.15) is 0 Å². The van der Waals surface area contributed by atoms with Crippen LogP contribution in [0.4, 0.5) is 4.79 Å². The number of benzene rings is 2. The Balaban J connectivity index is 2.47. The van der Waals surface area contributed by atoms with Crippen LogP contribution < -0.4 is 16.4 Å². The van der Waals surface area contributed by atoms with E-state index in [2.05, 4.69) is 10.6 Å². The second-order valence-electron chi connectivity index (χ2n) is 12.6. The molecule has 2 aromatic rings. The third-order valence-electron chi connectivity index (χ3n) is 7.52. The summed E-state index contributed by atoms with van der Waals surface area (Å²) in [5.41, 5.74) is 7.03. The first-order valence-electron chi connectivity index (χ1n) is 15.3. The summed E-state index contributed by atoms with van der Waals surface area (Å²) in [4.78, 5) is 39.9. The molecule has 0 aromatic heterocycles. The molecule has 9 nitrogen and oxygen atoms in total. The highest BCUT2D eigenvalue weighted by molar-refractivity contribution is 5.95. The number of rotatable bonds is 16. The topological polar surface area (TPSA) is 151 Å². The molecule has 0 saturated carbocycles. The van der Waals surface area contributed by atoms with E-state index >= 15 is 0 Å². The molecule has 0 aliphatic rings. The first-order valence-corrected chi connectivity index (χ1v) is 15.3. The summed E-state index contributed by atoms with van der Waals surface area (Å²) >= 11 is 0. The highest BCUT2D eigenvalue weighted by Gasteiger charge is 2.44. The fourth-order valence-corrected chi connectivity index (χ4v) is 5.01. The number of amides is 2. The lowest BCUT2D eigenvalue weighted by atomic mass is 9.77. The van der Waals surface area contributed by atoms with E-state index in [4.69, 9.17) is 10.5 Å². The van der Waals surface area contributed by atoms with Crippen molar-refractivity contribution in [1.29, 1.82) is 0 Å². The van der Waals surface area contributed by atoms with Gasteiger partial charge in [-0.05, 0) is 49.8 Å². The maximum Gasteiger partial charge on any atom is 0.407 e. The molecule has 4 atom stereocenters. The van der Waals surface area contributed by atoms with Gasteiger partial charge in [-0.1, -0.05) is 94.6 Å². The van der Waals surface area contributed by atoms with Gasteiger partial charge in [0.25, 0.3) is 0 Å². The van der Waals surface area contributed by atoms with E-state index < -0.39 is 53.6 Å². The van der Waals surface area contributed by atoms with Gasteiger partial charge >= 0.3 is 6.09 Å². The molecule has 238 valence electrons. The Kier molecular flexibility index (Phi) is 13.8. The highest BCUT2D eigenvalue weighted by Crippen LogP contribution is 2.29. The normalized spacial score (nSPS) is 15.2. The summed E-state index contributed by atoms with van der Waals surface area (Å²) in [5, 5.41) is 26.6. The Morgan fingerprint density at radius 1 is 0.977 bits per heavy atom. The number of carbonyl (C=O) groups is 3. The van der Waals surface area contributed by atoms with Crippen molar-refractivity contribution in [2.75, 3.05) is 13.2 Å². The Bertz CT molecular complexity index is 1180. The minimum Gasteiger partial charge on any atom is -0.444 e. The Morgan fingerprint density at radius 3 is 2.19 bits per heavy atom. The van der Waals surface area contributed by atoms with Crippen molar-refractivity contribution >= 4 is 17.8 Å². The Hall–Kier alpha value is -3.27. The summed E-state index contributed by atoms with van der Waals surface area (Å²) in [5.74, 6) is -2.40. The third kappa shape index (κ3) is 10.7. The number of aliphatic hydroxyl groups excluding tert-OH is 2. The molecule has 0 saturated heterocycles. The smallest absolute Gasteiger partial charge is 0.407 e. The summed E-state index contributed by atoms with van der Waals surface area (Å²) in [6.07, 6.45) is 0.926. The van der Waals surface area contributed by atoms with E-state index in [9.17, 15) is 24.6 Å². The maximum atomic E-state index is 14.2. The molecule has 0 bridgehead atoms. The van der Waals surface area contributed by atoms with E-state index in [0.717, 1.165) is 29.5 Å². The van der Waals surface area contributed by atoms with Crippen LogP contribution in [0.25, 0.3) is 11.1 Å². The number of alkyl carbamates (subject to hydrolysis) is 1. The van der Waals surface area contributed by atoms with Gasteiger partial charge in [0, 0.05) is 25.5 Å². The lowest BCUT2D eigenvalue weighted by Crippen LogP contribution is -2.66. The minimum absolute atomic E-state index is 0.00316. The second-order valence-corrected chi connectivity index (χ2v) is 12.6. The summed E-state index contributed by atoms with van der Waals surface area (Å²) in [7, 11) is 0. The predicted molar refractivity (Wildman–Crippen MR) is 169 cm³/mol. The molecule has 0 fully saturated rings. The van der Waals surface area contributed by atoms with Gasteiger partial charge in [0.15, 0.2) is 5.78 Å². The van der Waals surface area contributed by atoms with Crippen LogP contribution in [0.1, 0.15) is 72.8 Å². The maximum absolute atomic E-state index is 14.2. The molecule has 2 rings (SSSR count). The molecular weight excluding hydrogens is 546 g/mol. The molecule has 43 heavy (non-hydrogen) atoms. The molecule has 0 heterocycles. The van der Waals surface area contributed by atoms with Gasteiger partial charge in [0.2, 0.25) is 5.91 Å². The van der Waals surface area contributed by atoms with Crippen molar-refractivity contribution in [2.24, 2.45) is 17.6 Å². The van der Waals surface area contributed by atoms with Crippen molar-refractivity contribution in [3.63, 3.8) is 0 Å². The van der Waals surface area contributed by atoms with Crippen molar-refractivity contribution < 1.29 is 29.3 Å². The van der Waals surface area contributed by atoms with Crippen LogP contribution >= 0.6 is 0 Å². The summed E-state index contributed by atoms with van der Waals surface area (Å²) in [6.45, 7) is 10.1. The number of unbranched alkanes of at least 4 members (excludes halogenated alkanes) is 2. The van der Waals surface area contributed by atoms with Crippen LogP contribution in [-0.2, 0) is 20.7 Å². The molecule has 2 amide bonds. The second kappa shape index (κ2) is 16.5. The minimum atomic E-state index is -1.75. The van der Waals surface area contributed by atoms with E-state index in [-0.39, 0.29) is 18.9 Å². The van der Waals surface area contributed by atoms with Crippen molar-refractivity contribution in [3.05, 3.63) is 60.2 Å². The molecule has 2 aromatic carbocycles. The van der Waals surface area contributed by atoms with Gasteiger partial charge < -0.3 is 31.3 Å². The van der Waals surface area contributed by atoms with Gasteiger partial charge in [-0.25, -0.2) is 4.79 Å². The van der Waals surface area contributed by atoms with Crippen LogP contribution in [0.3, 0.4) is 0 Å². The van der Waals surface area contributed by atoms with Gasteiger partial charge in [-0.15, -0.1) is 0 Å². The van der Waals surface area contributed by atoms with Crippen LogP contribution in [0, 0.1) is 11.8 Å². The fraction of sp³-hybridized carbons (Fsp3) is 0.559. The number of nitrogens with one attached hydrogen (secondary N) is 2. The number of aliphatic hydroxyl groups is 2. The average Bonchev–Trinajstić information content (AvgIpc) is 2.95. The summed E-state index contributed by atoms with van der Waals surface area (Å²) < 4.78 is 5.35. The zero-order chi connectivity index (χ0) is 32.2. The number of hydrogen-bond donors (Lipinski definition) is 5. The molecule has 0 aliphatic carbocycles. The number of hydrogen-bond acceptors (Lipinski definition) is 7. The van der Waals surface area contributed by atoms with Crippen LogP contribution in [0.15, 0.2) is 54.6 Å². The van der Waals surface area contributed by atoms with Crippen molar-refractivity contribution in [2.45, 2.75) is 96.9 Å². The molecule has 9 heteroatoms. The quantitative estimate of drug-likeness (QED) is 0.180. The Morgan fingerprint density at radius 2 is 1.60 bits per heavy atom. The van der Waals surface area contributed by atoms with Crippen LogP contribution in [0.5, 0.6) is 0 Å². The third-order valence-corrected chi connectivity index (χ3v) is 7.52. The molecule has 3 unspecified atom stereocenters.